The van der Waals surface area contributed by atoms with Crippen LogP contribution in [0.25, 0.3) is 0 Å². The summed E-state index contributed by atoms with van der Waals surface area (Å²) in [4.78, 5) is 0. The van der Waals surface area contributed by atoms with Gasteiger partial charge in [-0.15, -0.1) is 12.4 Å². The summed E-state index contributed by atoms with van der Waals surface area (Å²) in [6, 6.07) is 6.38. The van der Waals surface area contributed by atoms with Crippen molar-refractivity contribution in [2.24, 2.45) is 5.73 Å². The van der Waals surface area contributed by atoms with Crippen LogP contribution in [0.1, 0.15) is 17.2 Å². The maximum Gasteiger partial charge on any atom is 0.129 e. The van der Waals surface area contributed by atoms with Crippen LogP contribution in [-0.2, 0) is 0 Å². The van der Waals surface area contributed by atoms with E-state index in [-0.39, 0.29) is 18.2 Å². The molecule has 0 bridgehead atoms. The van der Waals surface area contributed by atoms with Gasteiger partial charge < -0.3 is 5.73 Å². The van der Waals surface area contributed by atoms with Gasteiger partial charge in [-0.3, -0.25) is 0 Å². The third-order valence-corrected chi connectivity index (χ3v) is 3.61. The van der Waals surface area contributed by atoms with Crippen LogP contribution in [0.4, 0.5) is 4.39 Å². The molecule has 0 aliphatic carbocycles. The molecule has 0 aliphatic rings. The largest absolute Gasteiger partial charge is 0.320 e. The van der Waals surface area contributed by atoms with Gasteiger partial charge in [-0.05, 0) is 34.5 Å². The highest BCUT2D eigenvalue weighted by Gasteiger charge is 2.16. The molecule has 2 N–H and O–H groups in total. The zero-order valence-corrected chi connectivity index (χ0v) is 11.4. The molecule has 0 saturated heterocycles. The Morgan fingerprint density at radius 2 is 2.06 bits per heavy atom. The van der Waals surface area contributed by atoms with E-state index in [1.807, 2.05) is 16.8 Å². The van der Waals surface area contributed by atoms with Crippen molar-refractivity contribution in [3.8, 4) is 0 Å². The van der Waals surface area contributed by atoms with Gasteiger partial charge in [0.05, 0.1) is 6.04 Å². The molecule has 2 aromatic rings. The molecule has 0 spiro atoms. The van der Waals surface area contributed by atoms with Gasteiger partial charge in [0.15, 0.2) is 0 Å². The number of benzene rings is 1. The van der Waals surface area contributed by atoms with Crippen molar-refractivity contribution >= 4 is 39.7 Å². The second-order valence-corrected chi connectivity index (χ2v) is 4.80. The van der Waals surface area contributed by atoms with Crippen molar-refractivity contribution < 1.29 is 4.39 Å². The molecule has 1 aromatic heterocycles. The molecular formula is C11H10BrClFNS. The third kappa shape index (κ3) is 2.63. The molecule has 0 amide bonds. The monoisotopic (exact) mass is 321 g/mol. The molecule has 1 heterocycles. The van der Waals surface area contributed by atoms with Gasteiger partial charge in [-0.1, -0.05) is 22.0 Å². The topological polar surface area (TPSA) is 26.0 Å². The Hall–Kier alpha value is -0.420. The lowest BCUT2D eigenvalue weighted by Gasteiger charge is -2.13. The lowest BCUT2D eigenvalue weighted by Crippen LogP contribution is -2.13. The smallest absolute Gasteiger partial charge is 0.129 e. The number of rotatable bonds is 2. The van der Waals surface area contributed by atoms with Gasteiger partial charge in [0.25, 0.3) is 0 Å². The Bertz CT molecular complexity index is 441. The first-order valence-electron chi connectivity index (χ1n) is 4.41. The molecule has 0 fully saturated rings. The Balaban J connectivity index is 0.00000128. The van der Waals surface area contributed by atoms with E-state index in [9.17, 15) is 4.39 Å². The summed E-state index contributed by atoms with van der Waals surface area (Å²) in [5.74, 6) is -0.275. The fourth-order valence-corrected chi connectivity index (χ4v) is 2.71. The molecule has 86 valence electrons. The predicted octanol–water partition coefficient (Wildman–Crippen LogP) is 4.12. The van der Waals surface area contributed by atoms with E-state index in [4.69, 9.17) is 5.73 Å². The summed E-state index contributed by atoms with van der Waals surface area (Å²) in [6.45, 7) is 0. The van der Waals surface area contributed by atoms with Gasteiger partial charge in [-0.25, -0.2) is 4.39 Å². The van der Waals surface area contributed by atoms with Crippen LogP contribution < -0.4 is 5.73 Å². The maximum atomic E-state index is 13.6. The van der Waals surface area contributed by atoms with Crippen LogP contribution in [0, 0.1) is 5.82 Å². The molecule has 1 aromatic carbocycles. The van der Waals surface area contributed by atoms with Crippen LogP contribution in [0.15, 0.2) is 39.5 Å². The van der Waals surface area contributed by atoms with Crippen LogP contribution in [0.3, 0.4) is 0 Å². The van der Waals surface area contributed by atoms with Gasteiger partial charge >= 0.3 is 0 Å². The fourth-order valence-electron chi connectivity index (χ4n) is 1.43. The average molecular weight is 323 g/mol. The number of halogens is 3. The van der Waals surface area contributed by atoms with E-state index in [1.54, 1.807) is 23.5 Å². The summed E-state index contributed by atoms with van der Waals surface area (Å²) in [7, 11) is 0. The summed E-state index contributed by atoms with van der Waals surface area (Å²) in [6.07, 6.45) is 0. The summed E-state index contributed by atoms with van der Waals surface area (Å²) < 4.78 is 14.3. The van der Waals surface area contributed by atoms with E-state index in [0.29, 0.717) is 10.0 Å². The van der Waals surface area contributed by atoms with Gasteiger partial charge in [0.1, 0.15) is 5.82 Å². The highest BCUT2D eigenvalue weighted by Crippen LogP contribution is 2.29. The highest BCUT2D eigenvalue weighted by atomic mass is 79.9. The minimum absolute atomic E-state index is 0. The third-order valence-electron chi connectivity index (χ3n) is 2.21. The Kier molecular flexibility index (Phi) is 4.92. The SMILES string of the molecule is Cl.N[C@H](c1ccsc1)c1c(F)cccc1Br. The van der Waals surface area contributed by atoms with Crippen LogP contribution >= 0.6 is 39.7 Å². The van der Waals surface area contributed by atoms with Crippen molar-refractivity contribution in [1.82, 2.24) is 0 Å². The molecule has 1 atom stereocenters. The summed E-state index contributed by atoms with van der Waals surface area (Å²) >= 11 is 4.87. The lowest BCUT2D eigenvalue weighted by atomic mass is 10.0. The molecule has 0 radical (unpaired) electrons. The molecule has 1 nitrogen and oxygen atoms in total. The van der Waals surface area contributed by atoms with Crippen molar-refractivity contribution in [2.75, 3.05) is 0 Å². The summed E-state index contributed by atoms with van der Waals surface area (Å²) in [5, 5.41) is 3.87. The molecule has 0 unspecified atom stereocenters. The number of hydrogen-bond donors (Lipinski definition) is 1. The van der Waals surface area contributed by atoms with Crippen molar-refractivity contribution in [3.63, 3.8) is 0 Å². The maximum absolute atomic E-state index is 13.6. The Labute approximate surface area is 112 Å². The Morgan fingerprint density at radius 3 is 2.62 bits per heavy atom. The number of hydrogen-bond acceptors (Lipinski definition) is 2. The second kappa shape index (κ2) is 5.77. The van der Waals surface area contributed by atoms with Crippen LogP contribution in [0.2, 0.25) is 0 Å². The summed E-state index contributed by atoms with van der Waals surface area (Å²) in [5.41, 5.74) is 7.45. The molecule has 0 saturated carbocycles. The van der Waals surface area contributed by atoms with E-state index < -0.39 is 6.04 Å². The standard InChI is InChI=1S/C11H9BrFNS.ClH/c12-8-2-1-3-9(13)10(8)11(14)7-4-5-15-6-7;/h1-6,11H,14H2;1H/t11-;/m1./s1. The minimum Gasteiger partial charge on any atom is -0.320 e. The van der Waals surface area contributed by atoms with Gasteiger partial charge in [-0.2, -0.15) is 11.3 Å². The van der Waals surface area contributed by atoms with Gasteiger partial charge in [0.2, 0.25) is 0 Å². The Morgan fingerprint density at radius 1 is 1.31 bits per heavy atom. The zero-order chi connectivity index (χ0) is 10.8. The fraction of sp³-hybridized carbons (Fsp3) is 0.0909. The normalized spacial score (nSPS) is 11.9. The number of thiophene rings is 1. The zero-order valence-electron chi connectivity index (χ0n) is 8.19. The molecule has 16 heavy (non-hydrogen) atoms. The predicted molar refractivity (Wildman–Crippen MR) is 71.7 cm³/mol. The molecule has 5 heteroatoms. The van der Waals surface area contributed by atoms with Gasteiger partial charge in [0, 0.05) is 10.0 Å². The first-order valence-corrected chi connectivity index (χ1v) is 6.15. The van der Waals surface area contributed by atoms with E-state index in [0.717, 1.165) is 5.56 Å². The molecule has 0 aliphatic heterocycles. The highest BCUT2D eigenvalue weighted by molar-refractivity contribution is 9.10. The average Bonchev–Trinajstić information content (AvgIpc) is 2.69. The second-order valence-electron chi connectivity index (χ2n) is 3.17. The van der Waals surface area contributed by atoms with Crippen molar-refractivity contribution in [3.05, 3.63) is 56.4 Å². The quantitative estimate of drug-likeness (QED) is 0.884. The first-order chi connectivity index (χ1) is 7.20. The van der Waals surface area contributed by atoms with Crippen molar-refractivity contribution in [2.45, 2.75) is 6.04 Å². The number of nitrogens with two attached hydrogens (primary N) is 1. The minimum atomic E-state index is -0.410. The van der Waals surface area contributed by atoms with E-state index in [1.165, 1.54) is 6.07 Å². The lowest BCUT2D eigenvalue weighted by molar-refractivity contribution is 0.598. The van der Waals surface area contributed by atoms with Crippen LogP contribution in [-0.4, -0.2) is 0 Å². The van der Waals surface area contributed by atoms with Crippen LogP contribution in [0.5, 0.6) is 0 Å². The molecular weight excluding hydrogens is 313 g/mol. The molecule has 2 rings (SSSR count). The first kappa shape index (κ1) is 13.6. The van der Waals surface area contributed by atoms with E-state index >= 15 is 0 Å². The van der Waals surface area contributed by atoms with E-state index in [2.05, 4.69) is 15.9 Å². The van der Waals surface area contributed by atoms with Crippen molar-refractivity contribution in [1.29, 1.82) is 0 Å².